The number of carboxylic acid groups (broad SMARTS) is 1. The molecule has 0 spiro atoms. The fraction of sp³-hybridized carbons (Fsp3) is 0.250. The maximum Gasteiger partial charge on any atom is 0.318 e. The van der Waals surface area contributed by atoms with Crippen LogP contribution in [-0.2, 0) is 14.8 Å². The van der Waals surface area contributed by atoms with Crippen molar-refractivity contribution in [2.24, 2.45) is 0 Å². The largest absolute Gasteiger partial charge is 0.480 e. The second-order valence-corrected chi connectivity index (χ2v) is 6.25. The van der Waals surface area contributed by atoms with E-state index in [1.54, 1.807) is 0 Å². The van der Waals surface area contributed by atoms with E-state index >= 15 is 0 Å². The van der Waals surface area contributed by atoms with Crippen molar-refractivity contribution in [3.8, 4) is 0 Å². The highest BCUT2D eigenvalue weighted by Gasteiger charge is 2.29. The first-order valence-corrected chi connectivity index (χ1v) is 7.04. The zero-order valence-electron chi connectivity index (χ0n) is 10.8. The molecule has 0 aliphatic rings. The van der Waals surface area contributed by atoms with E-state index in [0.717, 1.165) is 13.1 Å². The number of carbonyl (C=O) groups is 1. The molecule has 2 aromatic rings. The molecule has 6 nitrogen and oxygen atoms in total. The second kappa shape index (κ2) is 4.88. The molecule has 0 saturated heterocycles. The first-order valence-electron chi connectivity index (χ1n) is 5.60. The zero-order chi connectivity index (χ0) is 15.1. The summed E-state index contributed by atoms with van der Waals surface area (Å²) in [5.41, 5.74) is 0.475. The summed E-state index contributed by atoms with van der Waals surface area (Å²) in [5, 5.41) is 8.62. The third kappa shape index (κ3) is 2.39. The lowest BCUT2D eigenvalue weighted by Gasteiger charge is -2.13. The molecule has 0 bridgehead atoms. The second-order valence-electron chi connectivity index (χ2n) is 4.31. The maximum atomic E-state index is 13.2. The number of halogens is 1. The summed E-state index contributed by atoms with van der Waals surface area (Å²) in [5.74, 6) is -1.79. The minimum Gasteiger partial charge on any atom is -0.480 e. The molecule has 1 aromatic carbocycles. The van der Waals surface area contributed by atoms with Crippen molar-refractivity contribution >= 4 is 27.0 Å². The van der Waals surface area contributed by atoms with E-state index in [2.05, 4.69) is 0 Å². The van der Waals surface area contributed by atoms with E-state index in [-0.39, 0.29) is 16.2 Å². The van der Waals surface area contributed by atoms with E-state index in [9.17, 15) is 17.6 Å². The normalized spacial score (nSPS) is 12.2. The number of likely N-dealkylation sites (N-methyl/N-ethyl adjacent to an activating group) is 1. The van der Waals surface area contributed by atoms with Gasteiger partial charge in [-0.2, -0.15) is 4.31 Å². The van der Waals surface area contributed by atoms with Gasteiger partial charge in [0.05, 0.1) is 0 Å². The summed E-state index contributed by atoms with van der Waals surface area (Å²) in [6.45, 7) is 0.792. The number of sulfonamides is 1. The Morgan fingerprint density at radius 2 is 2.10 bits per heavy atom. The fourth-order valence-corrected chi connectivity index (χ4v) is 3.09. The van der Waals surface area contributed by atoms with Crippen LogP contribution in [0, 0.1) is 12.7 Å². The number of furan rings is 1. The average Bonchev–Trinajstić information content (AvgIpc) is 2.66. The van der Waals surface area contributed by atoms with Crippen molar-refractivity contribution in [2.75, 3.05) is 13.6 Å². The molecule has 8 heteroatoms. The Morgan fingerprint density at radius 3 is 2.70 bits per heavy atom. The molecule has 20 heavy (non-hydrogen) atoms. The highest BCUT2D eigenvalue weighted by Crippen LogP contribution is 2.30. The smallest absolute Gasteiger partial charge is 0.318 e. The number of carboxylic acids is 1. The van der Waals surface area contributed by atoms with Gasteiger partial charge >= 0.3 is 5.97 Å². The van der Waals surface area contributed by atoms with E-state index < -0.39 is 28.4 Å². The summed E-state index contributed by atoms with van der Waals surface area (Å²) in [6, 6.07) is 3.65. The summed E-state index contributed by atoms with van der Waals surface area (Å²) in [6.07, 6.45) is 0. The van der Waals surface area contributed by atoms with Gasteiger partial charge in [-0.15, -0.1) is 0 Å². The molecule has 1 N–H and O–H groups in total. The summed E-state index contributed by atoms with van der Waals surface area (Å²) in [4.78, 5) is 10.6. The Kier molecular flexibility index (Phi) is 3.53. The monoisotopic (exact) mass is 301 g/mol. The average molecular weight is 301 g/mol. The van der Waals surface area contributed by atoms with E-state index in [1.165, 1.54) is 19.1 Å². The summed E-state index contributed by atoms with van der Waals surface area (Å²) >= 11 is 0. The Hall–Kier alpha value is -1.93. The molecule has 0 radical (unpaired) electrons. The van der Waals surface area contributed by atoms with Crippen molar-refractivity contribution in [1.82, 2.24) is 4.31 Å². The van der Waals surface area contributed by atoms with Crippen LogP contribution in [0.5, 0.6) is 0 Å². The predicted octanol–water partition coefficient (Wildman–Crippen LogP) is 1.59. The minimum absolute atomic E-state index is 0.228. The van der Waals surface area contributed by atoms with Crippen LogP contribution in [0.1, 0.15) is 5.56 Å². The molecule has 0 amide bonds. The Bertz CT molecular complexity index is 780. The lowest BCUT2D eigenvalue weighted by Crippen LogP contribution is -2.32. The molecular weight excluding hydrogens is 289 g/mol. The Morgan fingerprint density at radius 1 is 1.45 bits per heavy atom. The van der Waals surface area contributed by atoms with Crippen LogP contribution < -0.4 is 0 Å². The lowest BCUT2D eigenvalue weighted by atomic mass is 10.2. The molecule has 1 aromatic heterocycles. The number of nitrogens with zero attached hydrogens (tertiary/aromatic N) is 1. The Balaban J connectivity index is 2.57. The standard InChI is InChI=1S/C12H12FNO5S/c1-7-9-5-8(13)3-4-10(9)19-12(7)20(17,18)14(2)6-11(15)16/h3-5H,6H2,1-2H3,(H,15,16). The molecule has 0 aliphatic heterocycles. The van der Waals surface area contributed by atoms with Crippen LogP contribution in [-0.4, -0.2) is 37.4 Å². The molecule has 0 fully saturated rings. The fourth-order valence-electron chi connectivity index (χ4n) is 1.83. The van der Waals surface area contributed by atoms with E-state index in [4.69, 9.17) is 9.52 Å². The van der Waals surface area contributed by atoms with Gasteiger partial charge in [-0.25, -0.2) is 12.8 Å². The van der Waals surface area contributed by atoms with Crippen LogP contribution in [0.4, 0.5) is 4.39 Å². The number of aliphatic carboxylic acids is 1. The molecule has 0 atom stereocenters. The van der Waals surface area contributed by atoms with Crippen LogP contribution in [0.2, 0.25) is 0 Å². The summed E-state index contributed by atoms with van der Waals surface area (Å²) < 4.78 is 43.5. The van der Waals surface area contributed by atoms with Gasteiger partial charge in [-0.3, -0.25) is 4.79 Å². The number of fused-ring (bicyclic) bond motifs is 1. The molecule has 2 rings (SSSR count). The third-order valence-corrected chi connectivity index (χ3v) is 4.66. The molecule has 1 heterocycles. The van der Waals surface area contributed by atoms with Gasteiger partial charge in [0.2, 0.25) is 5.09 Å². The quantitative estimate of drug-likeness (QED) is 0.926. The van der Waals surface area contributed by atoms with Gasteiger partial charge in [0.25, 0.3) is 10.0 Å². The minimum atomic E-state index is -4.08. The first-order chi connectivity index (χ1) is 9.23. The topological polar surface area (TPSA) is 87.8 Å². The first kappa shape index (κ1) is 14.5. The van der Waals surface area contributed by atoms with Crippen molar-refractivity contribution < 1.29 is 27.1 Å². The maximum absolute atomic E-state index is 13.2. The van der Waals surface area contributed by atoms with Crippen LogP contribution in [0.25, 0.3) is 11.0 Å². The molecule has 108 valence electrons. The molecule has 0 unspecified atom stereocenters. The van der Waals surface area contributed by atoms with Crippen LogP contribution in [0.3, 0.4) is 0 Å². The van der Waals surface area contributed by atoms with Crippen molar-refractivity contribution in [1.29, 1.82) is 0 Å². The zero-order valence-corrected chi connectivity index (χ0v) is 11.6. The van der Waals surface area contributed by atoms with Crippen LogP contribution in [0.15, 0.2) is 27.7 Å². The Labute approximate surface area is 114 Å². The van der Waals surface area contributed by atoms with E-state index in [0.29, 0.717) is 9.69 Å². The SMILES string of the molecule is Cc1c(S(=O)(=O)N(C)CC(=O)O)oc2ccc(F)cc12. The van der Waals surface area contributed by atoms with Gasteiger partial charge in [0.1, 0.15) is 17.9 Å². The summed E-state index contributed by atoms with van der Waals surface area (Å²) in [7, 11) is -2.94. The van der Waals surface area contributed by atoms with E-state index in [1.807, 2.05) is 0 Å². The van der Waals surface area contributed by atoms with Crippen molar-refractivity contribution in [2.45, 2.75) is 12.0 Å². The highest BCUT2D eigenvalue weighted by molar-refractivity contribution is 7.89. The van der Waals surface area contributed by atoms with Crippen molar-refractivity contribution in [3.05, 3.63) is 29.6 Å². The van der Waals surface area contributed by atoms with Crippen LogP contribution >= 0.6 is 0 Å². The molecule has 0 aliphatic carbocycles. The van der Waals surface area contributed by atoms with Crippen molar-refractivity contribution in [3.63, 3.8) is 0 Å². The lowest BCUT2D eigenvalue weighted by molar-refractivity contribution is -0.137. The third-order valence-electron chi connectivity index (χ3n) is 2.86. The number of aryl methyl sites for hydroxylation is 1. The predicted molar refractivity (Wildman–Crippen MR) is 68.4 cm³/mol. The number of benzene rings is 1. The molecular formula is C12H12FNO5S. The molecule has 0 saturated carbocycles. The van der Waals surface area contributed by atoms with Gasteiger partial charge in [0, 0.05) is 18.0 Å². The number of hydrogen-bond acceptors (Lipinski definition) is 4. The highest BCUT2D eigenvalue weighted by atomic mass is 32.2. The number of hydrogen-bond donors (Lipinski definition) is 1. The van der Waals surface area contributed by atoms with Gasteiger partial charge in [0.15, 0.2) is 0 Å². The van der Waals surface area contributed by atoms with Gasteiger partial charge in [-0.1, -0.05) is 0 Å². The van der Waals surface area contributed by atoms with Gasteiger partial charge in [-0.05, 0) is 25.1 Å². The van der Waals surface area contributed by atoms with Gasteiger partial charge < -0.3 is 9.52 Å². The number of rotatable bonds is 4.